The van der Waals surface area contributed by atoms with Crippen LogP contribution in [-0.2, 0) is 4.79 Å². The first-order valence-corrected chi connectivity index (χ1v) is 9.31. The van der Waals surface area contributed by atoms with Crippen molar-refractivity contribution in [3.8, 4) is 11.8 Å². The summed E-state index contributed by atoms with van der Waals surface area (Å²) in [4.78, 5) is 17.3. The molecule has 0 aliphatic carbocycles. The van der Waals surface area contributed by atoms with E-state index in [0.29, 0.717) is 27.9 Å². The lowest BCUT2D eigenvalue weighted by Crippen LogP contribution is -2.25. The van der Waals surface area contributed by atoms with Crippen LogP contribution in [0.15, 0.2) is 36.0 Å². The van der Waals surface area contributed by atoms with Crippen LogP contribution in [0.2, 0.25) is 10.0 Å². The van der Waals surface area contributed by atoms with Crippen molar-refractivity contribution < 1.29 is 14.6 Å². The van der Waals surface area contributed by atoms with E-state index in [4.69, 9.17) is 38.3 Å². The molecule has 3 rings (SSSR count). The summed E-state index contributed by atoms with van der Waals surface area (Å²) in [5, 5.41) is 18.7. The van der Waals surface area contributed by atoms with Crippen molar-refractivity contribution in [1.29, 1.82) is 5.26 Å². The van der Waals surface area contributed by atoms with Crippen LogP contribution in [0.4, 0.5) is 5.82 Å². The van der Waals surface area contributed by atoms with Crippen molar-refractivity contribution >= 4 is 41.1 Å². The number of aliphatic carboxylic acids is 1. The summed E-state index contributed by atoms with van der Waals surface area (Å²) in [5.41, 5.74) is 1.18. The van der Waals surface area contributed by atoms with Gasteiger partial charge in [0.05, 0.1) is 16.6 Å². The molecule has 0 spiro atoms. The van der Waals surface area contributed by atoms with Gasteiger partial charge in [0, 0.05) is 19.2 Å². The molecule has 0 unspecified atom stereocenters. The van der Waals surface area contributed by atoms with Gasteiger partial charge >= 0.3 is 5.97 Å². The van der Waals surface area contributed by atoms with Gasteiger partial charge in [-0.15, -0.1) is 0 Å². The molecule has 1 aromatic heterocycles. The SMILES string of the molecule is Cc1cc(Cl)c(O[C@H]2CCN(c3ccc(/C=C(\C#N)C(=O)O)cn3)C2)c(Cl)c1. The highest BCUT2D eigenvalue weighted by atomic mass is 35.5. The Morgan fingerprint density at radius 3 is 2.68 bits per heavy atom. The van der Waals surface area contributed by atoms with Gasteiger partial charge in [-0.3, -0.25) is 0 Å². The molecule has 1 atom stereocenters. The molecule has 1 aromatic carbocycles. The maximum absolute atomic E-state index is 10.9. The lowest BCUT2D eigenvalue weighted by atomic mass is 10.2. The molecular weight excluding hydrogens is 401 g/mol. The minimum Gasteiger partial charge on any atom is -0.485 e. The molecule has 0 amide bonds. The minimum absolute atomic E-state index is 0.0729. The number of hydrogen-bond acceptors (Lipinski definition) is 5. The number of carboxylic acid groups (broad SMARTS) is 1. The number of nitriles is 1. The van der Waals surface area contributed by atoms with E-state index in [1.165, 1.54) is 12.3 Å². The second kappa shape index (κ2) is 8.51. The predicted molar refractivity (Wildman–Crippen MR) is 108 cm³/mol. The first-order valence-electron chi connectivity index (χ1n) is 8.55. The van der Waals surface area contributed by atoms with Gasteiger partial charge in [0.15, 0.2) is 5.75 Å². The maximum Gasteiger partial charge on any atom is 0.346 e. The minimum atomic E-state index is -1.26. The second-order valence-electron chi connectivity index (χ2n) is 6.46. The summed E-state index contributed by atoms with van der Waals surface area (Å²) in [6.07, 6.45) is 3.55. The number of aromatic nitrogens is 1. The van der Waals surface area contributed by atoms with E-state index in [1.54, 1.807) is 18.2 Å². The van der Waals surface area contributed by atoms with Gasteiger partial charge in [-0.1, -0.05) is 23.2 Å². The highest BCUT2D eigenvalue weighted by Gasteiger charge is 2.26. The number of anilines is 1. The number of halogens is 2. The molecule has 1 aliphatic heterocycles. The van der Waals surface area contributed by atoms with Crippen LogP contribution in [0, 0.1) is 18.3 Å². The van der Waals surface area contributed by atoms with Crippen LogP contribution in [0.25, 0.3) is 6.08 Å². The average Bonchev–Trinajstić information content (AvgIpc) is 3.11. The van der Waals surface area contributed by atoms with Crippen molar-refractivity contribution in [3.05, 3.63) is 57.2 Å². The average molecular weight is 418 g/mol. The van der Waals surface area contributed by atoms with E-state index < -0.39 is 5.97 Å². The number of aryl methyl sites for hydroxylation is 1. The molecule has 0 radical (unpaired) electrons. The monoisotopic (exact) mass is 417 g/mol. The smallest absolute Gasteiger partial charge is 0.346 e. The van der Waals surface area contributed by atoms with Crippen molar-refractivity contribution in [2.75, 3.05) is 18.0 Å². The first kappa shape index (κ1) is 20.0. The third-order valence-corrected chi connectivity index (χ3v) is 4.89. The molecule has 0 saturated carbocycles. The third-order valence-electron chi connectivity index (χ3n) is 4.33. The molecule has 1 saturated heterocycles. The quantitative estimate of drug-likeness (QED) is 0.574. The van der Waals surface area contributed by atoms with Gasteiger partial charge in [-0.05, 0) is 48.4 Å². The molecule has 144 valence electrons. The summed E-state index contributed by atoms with van der Waals surface area (Å²) < 4.78 is 6.02. The molecule has 28 heavy (non-hydrogen) atoms. The lowest BCUT2D eigenvalue weighted by Gasteiger charge is -2.19. The number of nitrogens with zero attached hydrogens (tertiary/aromatic N) is 3. The van der Waals surface area contributed by atoms with Crippen molar-refractivity contribution in [1.82, 2.24) is 4.98 Å². The van der Waals surface area contributed by atoms with E-state index in [-0.39, 0.29) is 11.7 Å². The zero-order valence-corrected chi connectivity index (χ0v) is 16.5. The summed E-state index contributed by atoms with van der Waals surface area (Å²) in [6, 6.07) is 8.79. The number of rotatable bonds is 5. The fourth-order valence-corrected chi connectivity index (χ4v) is 3.66. The molecule has 8 heteroatoms. The molecule has 1 fully saturated rings. The van der Waals surface area contributed by atoms with Gasteiger partial charge < -0.3 is 14.7 Å². The Morgan fingerprint density at radius 1 is 1.39 bits per heavy atom. The molecule has 2 heterocycles. The Morgan fingerprint density at radius 2 is 2.11 bits per heavy atom. The van der Waals surface area contributed by atoms with Crippen molar-refractivity contribution in [3.63, 3.8) is 0 Å². The van der Waals surface area contributed by atoms with E-state index in [2.05, 4.69) is 9.88 Å². The fraction of sp³-hybridized carbons (Fsp3) is 0.250. The molecule has 1 N–H and O–H groups in total. The van der Waals surface area contributed by atoms with Gasteiger partial charge in [0.1, 0.15) is 23.6 Å². The number of ether oxygens (including phenoxy) is 1. The number of hydrogen-bond donors (Lipinski definition) is 1. The summed E-state index contributed by atoms with van der Waals surface area (Å²) >= 11 is 12.5. The zero-order valence-electron chi connectivity index (χ0n) is 15.0. The van der Waals surface area contributed by atoms with Crippen LogP contribution in [0.1, 0.15) is 17.5 Å². The first-order chi connectivity index (χ1) is 13.4. The number of benzene rings is 1. The van der Waals surface area contributed by atoms with E-state index in [0.717, 1.165) is 24.3 Å². The van der Waals surface area contributed by atoms with Crippen molar-refractivity contribution in [2.24, 2.45) is 0 Å². The molecule has 1 aliphatic rings. The Kier molecular flexibility index (Phi) is 6.08. The topological polar surface area (TPSA) is 86.5 Å². The van der Waals surface area contributed by atoms with E-state index >= 15 is 0 Å². The van der Waals surface area contributed by atoms with Gasteiger partial charge in [0.25, 0.3) is 0 Å². The summed E-state index contributed by atoms with van der Waals surface area (Å²) in [6.45, 7) is 3.30. The van der Waals surface area contributed by atoms with E-state index in [1.807, 2.05) is 19.1 Å². The standard InChI is InChI=1S/C20H17Cl2N3O3/c1-12-6-16(21)19(17(22)7-12)28-15-4-5-25(11-15)18-3-2-13(10-24-18)8-14(9-23)20(26)27/h2-3,6-8,10,15H,4-5,11H2,1H3,(H,26,27)/b14-8+/t15-/m0/s1. The Balaban J connectivity index is 1.68. The Bertz CT molecular complexity index is 945. The zero-order chi connectivity index (χ0) is 20.3. The fourth-order valence-electron chi connectivity index (χ4n) is 2.98. The van der Waals surface area contributed by atoms with Gasteiger partial charge in [-0.25, -0.2) is 9.78 Å². The third kappa shape index (κ3) is 4.56. The van der Waals surface area contributed by atoms with Crippen LogP contribution in [0.5, 0.6) is 5.75 Å². The van der Waals surface area contributed by atoms with Crippen LogP contribution >= 0.6 is 23.2 Å². The molecule has 6 nitrogen and oxygen atoms in total. The number of carbonyl (C=O) groups is 1. The Labute approximate surface area is 172 Å². The van der Waals surface area contributed by atoms with Crippen LogP contribution in [0.3, 0.4) is 0 Å². The molecule has 2 aromatic rings. The van der Waals surface area contributed by atoms with Crippen LogP contribution < -0.4 is 9.64 Å². The lowest BCUT2D eigenvalue weighted by molar-refractivity contribution is -0.132. The van der Waals surface area contributed by atoms with Crippen molar-refractivity contribution in [2.45, 2.75) is 19.4 Å². The van der Waals surface area contributed by atoms with E-state index in [9.17, 15) is 4.79 Å². The largest absolute Gasteiger partial charge is 0.485 e. The maximum atomic E-state index is 10.9. The molecule has 0 bridgehead atoms. The second-order valence-corrected chi connectivity index (χ2v) is 7.27. The highest BCUT2D eigenvalue weighted by Crippen LogP contribution is 2.36. The molecular formula is C20H17Cl2N3O3. The van der Waals surface area contributed by atoms with Gasteiger partial charge in [0.2, 0.25) is 0 Å². The number of pyridine rings is 1. The predicted octanol–water partition coefficient (Wildman–Crippen LogP) is 4.35. The van der Waals surface area contributed by atoms with Crippen LogP contribution in [-0.4, -0.2) is 35.3 Å². The summed E-state index contributed by atoms with van der Waals surface area (Å²) in [7, 11) is 0. The Hall–Kier alpha value is -2.75. The normalized spacial score (nSPS) is 16.7. The van der Waals surface area contributed by atoms with Gasteiger partial charge in [-0.2, -0.15) is 5.26 Å². The highest BCUT2D eigenvalue weighted by molar-refractivity contribution is 6.37. The number of carboxylic acids is 1. The summed E-state index contributed by atoms with van der Waals surface area (Å²) in [5.74, 6) is -0.0235.